The van der Waals surface area contributed by atoms with Crippen molar-refractivity contribution in [3.05, 3.63) is 75.4 Å². The van der Waals surface area contributed by atoms with Gasteiger partial charge in [-0.25, -0.2) is 9.78 Å². The third-order valence-electron chi connectivity index (χ3n) is 9.36. The van der Waals surface area contributed by atoms with Gasteiger partial charge in [0, 0.05) is 58.6 Å². The largest absolute Gasteiger partial charge is 0.469 e. The standard InChI is InChI=1S/C36H41N5O5/c1-10-21-17(3)24-14-26-19(5)23(12-13-30(42)45-8)33(40-26)32(35(43)37-7)34-31(36(44)46-9)20(6)27(41-34)16-29-22(11-2)18(4)25(39-29)15-28(21)38-24/h10,14-16,19,23,38-39H,1,11-13H2,2-9H3,(H,37,43)/t19-,23-/m0/s1. The summed E-state index contributed by atoms with van der Waals surface area (Å²) in [6.07, 6.45) is 3.11. The molecule has 2 atom stereocenters. The summed E-state index contributed by atoms with van der Waals surface area (Å²) in [4.78, 5) is 56.7. The summed E-state index contributed by atoms with van der Waals surface area (Å²) in [6.45, 7) is 14.1. The molecule has 2 aliphatic heterocycles. The van der Waals surface area contributed by atoms with Gasteiger partial charge in [0.25, 0.3) is 5.91 Å². The molecule has 3 N–H and O–H groups in total. The fourth-order valence-electron chi connectivity index (χ4n) is 6.65. The summed E-state index contributed by atoms with van der Waals surface area (Å²) in [7, 11) is 4.19. The topological polar surface area (TPSA) is 139 Å². The number of carbonyl (C=O) groups excluding carboxylic acids is 3. The Hall–Kier alpha value is -4.99. The number of nitrogens with one attached hydrogen (secondary N) is 3. The first kappa shape index (κ1) is 32.4. The van der Waals surface area contributed by atoms with Crippen LogP contribution in [0.15, 0.2) is 24.8 Å². The first-order valence-electron chi connectivity index (χ1n) is 15.5. The van der Waals surface area contributed by atoms with E-state index >= 15 is 0 Å². The zero-order valence-electron chi connectivity index (χ0n) is 27.7. The number of methoxy groups -OCH3 is 2. The van der Waals surface area contributed by atoms with Gasteiger partial charge in [-0.15, -0.1) is 0 Å². The number of aromatic nitrogens is 4. The SMILES string of the molecule is C=Cc1c(C)c2cc3nc(c(C(=O)NC)c4nc(cc5[nH]c(cc1[nH]2)c(C)c5CC)C(C)=C4C(=O)OC)[C@@H](CCC(=O)OC)[C@@H]3C. The van der Waals surface area contributed by atoms with Gasteiger partial charge in [-0.1, -0.05) is 26.5 Å². The van der Waals surface area contributed by atoms with E-state index in [4.69, 9.17) is 19.4 Å². The first-order valence-corrected chi connectivity index (χ1v) is 15.5. The van der Waals surface area contributed by atoms with Crippen molar-refractivity contribution in [1.29, 1.82) is 0 Å². The van der Waals surface area contributed by atoms with Gasteiger partial charge in [-0.3, -0.25) is 14.6 Å². The smallest absolute Gasteiger partial charge is 0.340 e. The lowest BCUT2D eigenvalue weighted by Gasteiger charge is -2.18. The molecular weight excluding hydrogens is 582 g/mol. The maximum Gasteiger partial charge on any atom is 0.340 e. The van der Waals surface area contributed by atoms with Crippen LogP contribution in [0.25, 0.3) is 39.3 Å². The van der Waals surface area contributed by atoms with E-state index in [1.54, 1.807) is 6.92 Å². The lowest BCUT2D eigenvalue weighted by Crippen LogP contribution is -2.23. The zero-order chi connectivity index (χ0) is 33.4. The van der Waals surface area contributed by atoms with Gasteiger partial charge in [0.2, 0.25) is 0 Å². The number of fused-ring (bicyclic) bond motifs is 8. The van der Waals surface area contributed by atoms with E-state index in [2.05, 4.69) is 41.8 Å². The van der Waals surface area contributed by atoms with Crippen LogP contribution >= 0.6 is 0 Å². The molecule has 240 valence electrons. The number of esters is 2. The minimum absolute atomic E-state index is 0.129. The third-order valence-corrected chi connectivity index (χ3v) is 9.36. The second kappa shape index (κ2) is 12.8. The Morgan fingerprint density at radius 3 is 2.30 bits per heavy atom. The normalized spacial score (nSPS) is 15.9. The number of carbonyl (C=O) groups is 3. The number of ether oxygens (including phenoxy) is 2. The Balaban J connectivity index is 2.04. The maximum atomic E-state index is 13.8. The van der Waals surface area contributed by atoms with Gasteiger partial charge in [0.15, 0.2) is 0 Å². The Morgan fingerprint density at radius 1 is 0.978 bits per heavy atom. The van der Waals surface area contributed by atoms with Crippen molar-refractivity contribution in [3.8, 4) is 0 Å². The molecule has 3 aromatic rings. The van der Waals surface area contributed by atoms with E-state index < -0.39 is 11.9 Å². The number of aryl methyl sites for hydroxylation is 3. The molecule has 0 saturated heterocycles. The zero-order valence-corrected chi connectivity index (χ0v) is 27.7. The Bertz CT molecular complexity index is 1980. The van der Waals surface area contributed by atoms with Crippen LogP contribution < -0.4 is 5.32 Å². The molecule has 0 aromatic carbocycles. The van der Waals surface area contributed by atoms with Crippen LogP contribution in [0.2, 0.25) is 0 Å². The van der Waals surface area contributed by atoms with Crippen LogP contribution in [0, 0.1) is 13.8 Å². The average Bonchev–Trinajstić information content (AvgIpc) is 3.72. The van der Waals surface area contributed by atoms with Crippen LogP contribution in [0.4, 0.5) is 0 Å². The van der Waals surface area contributed by atoms with Crippen LogP contribution in [0.5, 0.6) is 0 Å². The molecule has 5 rings (SSSR count). The van der Waals surface area contributed by atoms with Gasteiger partial charge in [-0.2, -0.15) is 0 Å². The molecule has 0 unspecified atom stereocenters. The highest BCUT2D eigenvalue weighted by atomic mass is 16.5. The van der Waals surface area contributed by atoms with Crippen LogP contribution in [-0.2, 0) is 25.5 Å². The molecule has 2 aliphatic rings. The van der Waals surface area contributed by atoms with Crippen molar-refractivity contribution in [2.24, 2.45) is 0 Å². The van der Waals surface area contributed by atoms with Gasteiger partial charge in [-0.05, 0) is 74.1 Å². The minimum Gasteiger partial charge on any atom is -0.469 e. The van der Waals surface area contributed by atoms with E-state index in [9.17, 15) is 14.4 Å². The number of allylic oxidation sites excluding steroid dienone is 1. The van der Waals surface area contributed by atoms with E-state index in [1.165, 1.54) is 21.3 Å². The van der Waals surface area contributed by atoms with Crippen LogP contribution in [-0.4, -0.2) is 59.0 Å². The Labute approximate surface area is 268 Å². The molecule has 0 saturated carbocycles. The highest BCUT2D eigenvalue weighted by molar-refractivity contribution is 6.27. The summed E-state index contributed by atoms with van der Waals surface area (Å²) in [5.74, 6) is -1.93. The van der Waals surface area contributed by atoms with E-state index in [-0.39, 0.29) is 41.1 Å². The summed E-state index contributed by atoms with van der Waals surface area (Å²) in [6, 6.07) is 5.99. The molecule has 8 bridgehead atoms. The molecule has 0 fully saturated rings. The lowest BCUT2D eigenvalue weighted by atomic mass is 9.85. The fourth-order valence-corrected chi connectivity index (χ4v) is 6.65. The number of aromatic amines is 2. The summed E-state index contributed by atoms with van der Waals surface area (Å²) in [5, 5.41) is 2.74. The van der Waals surface area contributed by atoms with Crippen molar-refractivity contribution in [2.45, 2.75) is 65.7 Å². The molecule has 46 heavy (non-hydrogen) atoms. The molecule has 10 heteroatoms. The minimum atomic E-state index is -0.605. The van der Waals surface area contributed by atoms with Crippen molar-refractivity contribution in [1.82, 2.24) is 25.3 Å². The van der Waals surface area contributed by atoms with E-state index in [0.717, 1.165) is 56.4 Å². The number of amides is 1. The van der Waals surface area contributed by atoms with Crippen molar-refractivity contribution in [3.63, 3.8) is 0 Å². The molecule has 1 amide bonds. The van der Waals surface area contributed by atoms with Gasteiger partial charge < -0.3 is 24.8 Å². The third kappa shape index (κ3) is 5.42. The van der Waals surface area contributed by atoms with E-state index in [0.29, 0.717) is 23.4 Å². The molecule has 5 heterocycles. The summed E-state index contributed by atoms with van der Waals surface area (Å²) in [5.41, 5.74) is 10.6. The summed E-state index contributed by atoms with van der Waals surface area (Å²) < 4.78 is 10.2. The van der Waals surface area contributed by atoms with Crippen molar-refractivity contribution < 1.29 is 23.9 Å². The van der Waals surface area contributed by atoms with E-state index in [1.807, 2.05) is 32.1 Å². The monoisotopic (exact) mass is 623 g/mol. The molecule has 0 aliphatic carbocycles. The van der Waals surface area contributed by atoms with Gasteiger partial charge >= 0.3 is 11.9 Å². The summed E-state index contributed by atoms with van der Waals surface area (Å²) >= 11 is 0. The van der Waals surface area contributed by atoms with Gasteiger partial charge in [0.1, 0.15) is 0 Å². The number of rotatable bonds is 7. The predicted octanol–water partition coefficient (Wildman–Crippen LogP) is 6.44. The van der Waals surface area contributed by atoms with Gasteiger partial charge in [0.05, 0.1) is 42.4 Å². The highest BCUT2D eigenvalue weighted by Crippen LogP contribution is 2.43. The molecule has 0 spiro atoms. The van der Waals surface area contributed by atoms with Crippen LogP contribution in [0.1, 0.15) is 101 Å². The average molecular weight is 624 g/mol. The number of hydrogen-bond acceptors (Lipinski definition) is 7. The predicted molar refractivity (Wildman–Crippen MR) is 180 cm³/mol. The number of H-pyrrole nitrogens is 2. The highest BCUT2D eigenvalue weighted by Gasteiger charge is 2.37. The van der Waals surface area contributed by atoms with Crippen LogP contribution in [0.3, 0.4) is 0 Å². The molecule has 0 radical (unpaired) electrons. The first-order chi connectivity index (χ1) is 22.0. The fraction of sp³-hybridized carbons (Fsp3) is 0.361. The van der Waals surface area contributed by atoms with Crippen molar-refractivity contribution >= 4 is 57.1 Å². The Kier molecular flexibility index (Phi) is 9.01. The second-order valence-electron chi connectivity index (χ2n) is 11.8. The molecule has 3 aromatic heterocycles. The van der Waals surface area contributed by atoms with Crippen molar-refractivity contribution in [2.75, 3.05) is 21.3 Å². The number of hydrogen-bond donors (Lipinski definition) is 3. The maximum absolute atomic E-state index is 13.8. The Morgan fingerprint density at radius 2 is 1.67 bits per heavy atom. The quantitative estimate of drug-likeness (QED) is 0.257. The second-order valence-corrected chi connectivity index (χ2v) is 11.8. The number of nitrogens with zero attached hydrogens (tertiary/aromatic N) is 2. The molecular formula is C36H41N5O5. The lowest BCUT2D eigenvalue weighted by molar-refractivity contribution is -0.140. The molecule has 10 nitrogen and oxygen atoms in total.